The first-order chi connectivity index (χ1) is 35.4. The van der Waals surface area contributed by atoms with Gasteiger partial charge in [-0.1, -0.05) is 232 Å². The molecular weight excluding hydrogens is 885 g/mol. The Morgan fingerprint density at radius 2 is 0.708 bits per heavy atom. The van der Waals surface area contributed by atoms with Gasteiger partial charge >= 0.3 is 0 Å². The molecule has 0 saturated carbocycles. The van der Waals surface area contributed by atoms with Crippen LogP contribution < -0.4 is 18.9 Å². The fraction of sp³-hybridized carbons (Fsp3) is 0.636. The molecule has 0 aliphatic rings. The molecule has 0 amide bonds. The lowest BCUT2D eigenvalue weighted by atomic mass is 9.99. The van der Waals surface area contributed by atoms with E-state index in [0.29, 0.717) is 37.7 Å². The van der Waals surface area contributed by atoms with Crippen LogP contribution >= 0.6 is 0 Å². The highest BCUT2D eigenvalue weighted by molar-refractivity contribution is 5.92. The van der Waals surface area contributed by atoms with Crippen molar-refractivity contribution in [2.45, 2.75) is 247 Å². The molecule has 0 unspecified atom stereocenters. The van der Waals surface area contributed by atoms with Crippen molar-refractivity contribution in [3.8, 4) is 29.1 Å². The van der Waals surface area contributed by atoms with Crippen LogP contribution in [0.4, 0.5) is 0 Å². The highest BCUT2D eigenvalue weighted by atomic mass is 16.5. The van der Waals surface area contributed by atoms with Crippen LogP contribution in [0.25, 0.3) is 28.3 Å². The third-order valence-corrected chi connectivity index (χ3v) is 14.0. The van der Waals surface area contributed by atoms with E-state index in [-0.39, 0.29) is 0 Å². The largest absolute Gasteiger partial charge is 0.493 e. The molecule has 0 saturated heterocycles. The maximum atomic E-state index is 10.6. The van der Waals surface area contributed by atoms with E-state index < -0.39 is 0 Å². The van der Waals surface area contributed by atoms with Crippen molar-refractivity contribution in [2.24, 2.45) is 0 Å². The number of aryl methyl sites for hydroxylation is 2. The highest BCUT2D eigenvalue weighted by Crippen LogP contribution is 2.35. The Hall–Kier alpha value is -4.68. The summed E-state index contributed by atoms with van der Waals surface area (Å²) in [7, 11) is 0. The Kier molecular flexibility index (Phi) is 34.9. The van der Waals surface area contributed by atoms with E-state index in [4.69, 9.17) is 25.5 Å². The highest BCUT2D eigenvalue weighted by Gasteiger charge is 2.15. The van der Waals surface area contributed by atoms with Crippen LogP contribution in [0.15, 0.2) is 48.5 Å². The summed E-state index contributed by atoms with van der Waals surface area (Å²) in [5.41, 5.74) is 6.36. The Balaban J connectivity index is 1.83. The summed E-state index contributed by atoms with van der Waals surface area (Å²) < 4.78 is 25.8. The van der Waals surface area contributed by atoms with E-state index in [0.717, 1.165) is 94.9 Å². The fourth-order valence-electron chi connectivity index (χ4n) is 9.30. The van der Waals surface area contributed by atoms with Gasteiger partial charge in [0.2, 0.25) is 0 Å². The smallest absolute Gasteiger partial charge is 0.195 e. The van der Waals surface area contributed by atoms with E-state index in [1.165, 1.54) is 167 Å². The minimum atomic E-state index is 0.507. The maximum Gasteiger partial charge on any atom is 0.195 e. The van der Waals surface area contributed by atoms with Gasteiger partial charge in [0.25, 0.3) is 0 Å². The molecule has 0 aromatic heterocycles. The first-order valence-corrected chi connectivity index (χ1v) is 29.5. The summed E-state index contributed by atoms with van der Waals surface area (Å²) >= 11 is 0. The second-order valence-electron chi connectivity index (χ2n) is 20.5. The average Bonchev–Trinajstić information content (AvgIpc) is 3.39. The SMILES string of the molecule is [C-]#[N+]/C(=C\c1cc(OCCCCCCCCCC)c(C)cc1OCCCCCCCCCC)c1ccc(/C(C#N)=C/c2cc(OCCCCCCCCCC)c(C)cc2OCCCCCCCCCC)cc1. The number of rotatable bonds is 44. The van der Waals surface area contributed by atoms with Crippen molar-refractivity contribution in [3.05, 3.63) is 93.3 Å². The fourth-order valence-corrected chi connectivity index (χ4v) is 9.30. The predicted octanol–water partition coefficient (Wildman–Crippen LogP) is 20.9. The standard InChI is InChI=1S/C66H100N2O4/c1-8-12-16-20-24-28-32-36-44-69-63-52-59(65(48-55(63)5)71-46-38-34-30-26-22-18-14-10-3)50-61(54-67)57-40-42-58(43-41-57)62(68-7)51-60-53-64(70-45-37-33-29-25-21-17-13-9-2)56(6)49-66(60)72-47-39-35-31-27-23-19-15-11-4/h40-43,48-53H,8-39,44-47H2,1-6H3/b61-50+,62-51-. The van der Waals surface area contributed by atoms with E-state index >= 15 is 0 Å². The summed E-state index contributed by atoms with van der Waals surface area (Å²) in [4.78, 5) is 4.04. The molecule has 0 atom stereocenters. The molecule has 0 N–H and O–H groups in total. The molecule has 6 nitrogen and oxygen atoms in total. The van der Waals surface area contributed by atoms with Crippen molar-refractivity contribution < 1.29 is 18.9 Å². The zero-order chi connectivity index (χ0) is 51.7. The van der Waals surface area contributed by atoms with Crippen LogP contribution in [0.5, 0.6) is 23.0 Å². The number of hydrogen-bond donors (Lipinski definition) is 0. The van der Waals surface area contributed by atoms with Crippen molar-refractivity contribution >= 4 is 23.4 Å². The summed E-state index contributed by atoms with van der Waals surface area (Å²) in [6, 6.07) is 18.6. The molecule has 3 aromatic rings. The molecule has 3 aromatic carbocycles. The summed E-state index contributed by atoms with van der Waals surface area (Å²) in [6.45, 7) is 24.2. The van der Waals surface area contributed by atoms with Crippen LogP contribution in [0, 0.1) is 31.8 Å². The predicted molar refractivity (Wildman–Crippen MR) is 309 cm³/mol. The molecule has 6 heteroatoms. The zero-order valence-electron chi connectivity index (χ0n) is 46.8. The third-order valence-electron chi connectivity index (χ3n) is 14.0. The van der Waals surface area contributed by atoms with Crippen LogP contribution in [-0.4, -0.2) is 26.4 Å². The first-order valence-electron chi connectivity index (χ1n) is 29.5. The summed E-state index contributed by atoms with van der Waals surface area (Å²) in [6.07, 6.45) is 43.7. The number of benzene rings is 3. The van der Waals surface area contributed by atoms with Gasteiger partial charge < -0.3 is 18.9 Å². The number of hydrogen-bond acceptors (Lipinski definition) is 5. The maximum absolute atomic E-state index is 10.6. The molecule has 72 heavy (non-hydrogen) atoms. The van der Waals surface area contributed by atoms with Crippen LogP contribution in [0.3, 0.4) is 0 Å². The molecule has 0 heterocycles. The molecule has 0 radical (unpaired) electrons. The van der Waals surface area contributed by atoms with Gasteiger partial charge in [0, 0.05) is 11.1 Å². The Morgan fingerprint density at radius 1 is 0.417 bits per heavy atom. The summed E-state index contributed by atoms with van der Waals surface area (Å²) in [5, 5.41) is 10.6. The van der Waals surface area contributed by atoms with Gasteiger partial charge in [-0.05, 0) is 98.2 Å². The lowest BCUT2D eigenvalue weighted by molar-refractivity contribution is 0.294. The van der Waals surface area contributed by atoms with E-state index in [2.05, 4.69) is 76.7 Å². The third kappa shape index (κ3) is 26.3. The van der Waals surface area contributed by atoms with E-state index in [1.54, 1.807) is 0 Å². The number of allylic oxidation sites excluding steroid dienone is 1. The lowest BCUT2D eigenvalue weighted by Crippen LogP contribution is -2.03. The van der Waals surface area contributed by atoms with Crippen LogP contribution in [0.1, 0.15) is 267 Å². The molecule has 0 fully saturated rings. The van der Waals surface area contributed by atoms with E-state index in [1.807, 2.05) is 36.4 Å². The molecule has 398 valence electrons. The van der Waals surface area contributed by atoms with Crippen molar-refractivity contribution in [1.82, 2.24) is 0 Å². The van der Waals surface area contributed by atoms with Crippen LogP contribution in [-0.2, 0) is 0 Å². The second-order valence-corrected chi connectivity index (χ2v) is 20.5. The minimum absolute atomic E-state index is 0.507. The average molecular weight is 986 g/mol. The number of nitrogens with zero attached hydrogens (tertiary/aromatic N) is 2. The topological polar surface area (TPSA) is 65.1 Å². The Bertz CT molecular complexity index is 1870. The Morgan fingerprint density at radius 3 is 1.03 bits per heavy atom. The number of unbranched alkanes of at least 4 members (excludes halogenated alkanes) is 28. The zero-order valence-corrected chi connectivity index (χ0v) is 46.8. The molecule has 0 aliphatic heterocycles. The first kappa shape index (κ1) is 61.6. The molecule has 0 aliphatic carbocycles. The molecule has 0 bridgehead atoms. The quantitative estimate of drug-likeness (QED) is 0.0244. The van der Waals surface area contributed by atoms with Gasteiger partial charge in [-0.3, -0.25) is 0 Å². The lowest BCUT2D eigenvalue weighted by Gasteiger charge is -2.16. The van der Waals surface area contributed by atoms with Gasteiger partial charge in [-0.2, -0.15) is 5.26 Å². The molecular formula is C66H100N2O4. The second kappa shape index (κ2) is 40.8. The van der Waals surface area contributed by atoms with Crippen molar-refractivity contribution in [3.63, 3.8) is 0 Å². The normalized spacial score (nSPS) is 11.7. The minimum Gasteiger partial charge on any atom is -0.493 e. The number of nitriles is 1. The number of ether oxygens (including phenoxy) is 4. The van der Waals surface area contributed by atoms with Crippen molar-refractivity contribution in [2.75, 3.05) is 26.4 Å². The van der Waals surface area contributed by atoms with Crippen molar-refractivity contribution in [1.29, 1.82) is 5.26 Å². The van der Waals surface area contributed by atoms with Gasteiger partial charge in [0.15, 0.2) is 5.70 Å². The van der Waals surface area contributed by atoms with E-state index in [9.17, 15) is 5.26 Å². The van der Waals surface area contributed by atoms with Gasteiger partial charge in [-0.15, -0.1) is 0 Å². The molecule has 0 spiro atoms. The van der Waals surface area contributed by atoms with Gasteiger partial charge in [-0.25, -0.2) is 4.85 Å². The Labute approximate surface area is 441 Å². The summed E-state index contributed by atoms with van der Waals surface area (Å²) in [5.74, 6) is 3.23. The monoisotopic (exact) mass is 985 g/mol. The van der Waals surface area contributed by atoms with Crippen LogP contribution in [0.2, 0.25) is 0 Å². The van der Waals surface area contributed by atoms with Gasteiger partial charge in [0.05, 0.1) is 44.6 Å². The van der Waals surface area contributed by atoms with Gasteiger partial charge in [0.1, 0.15) is 23.0 Å². The molecule has 3 rings (SSSR count).